The summed E-state index contributed by atoms with van der Waals surface area (Å²) in [4.78, 5) is 97.8. The molecular weight excluding hydrogens is 1220 g/mol. The first-order valence-corrected chi connectivity index (χ1v) is 38.1. The summed E-state index contributed by atoms with van der Waals surface area (Å²) in [6.45, 7) is 22.5. The maximum absolute atomic E-state index is 11.2. The van der Waals surface area contributed by atoms with Gasteiger partial charge >= 0.3 is 0 Å². The van der Waals surface area contributed by atoms with E-state index >= 15 is 0 Å². The van der Waals surface area contributed by atoms with E-state index < -0.39 is 0 Å². The van der Waals surface area contributed by atoms with Crippen LogP contribution in [0.25, 0.3) is 0 Å². The molecule has 11 aliphatic heterocycles. The van der Waals surface area contributed by atoms with Crippen molar-refractivity contribution in [3.05, 3.63) is 23.8 Å². The van der Waals surface area contributed by atoms with E-state index in [0.29, 0.717) is 126 Å². The molecule has 0 N–H and O–H groups in total. The van der Waals surface area contributed by atoms with E-state index in [9.17, 15) is 43.2 Å². The summed E-state index contributed by atoms with van der Waals surface area (Å²) < 4.78 is 38.3. The third-order valence-electron chi connectivity index (χ3n) is 22.7. The van der Waals surface area contributed by atoms with Gasteiger partial charge in [-0.15, -0.1) is 0 Å². The van der Waals surface area contributed by atoms with Crippen molar-refractivity contribution in [2.24, 2.45) is 59.2 Å². The van der Waals surface area contributed by atoms with Crippen molar-refractivity contribution in [3.8, 4) is 0 Å². The predicted octanol–water partition coefficient (Wildman–Crippen LogP) is 15.3. The molecule has 5 aliphatic carbocycles. The number of carbonyl (C=O) groups is 9. The molecule has 15 unspecified atom stereocenters. The molecule has 0 radical (unpaired) electrons. The largest absolute Gasteiger partial charge is 0.378 e. The molecule has 0 aromatic rings. The Bertz CT molecular complexity index is 2390. The highest BCUT2D eigenvalue weighted by Gasteiger charge is 2.40. The number of rotatable bonds is 13. The molecule has 10 saturated heterocycles. The van der Waals surface area contributed by atoms with E-state index in [2.05, 4.69) is 19.1 Å². The molecule has 0 amide bonds. The SMILES string of the molecule is CC(=O)C1CC2CCC1CC2.CC(=O)C1CC2CCC1CO2.CC(=O)C1CCCCC1.CC(=O)C1CCCO1.CC(=O)C=C1CC2C=CC(C1)O2.CC(=O)CC1CC2CCC(C1)O2.CC(=O)CC1CC2CCC(C1)O2.CC(=O)CC1CCCOC1C.CC(=O)CC1CCOC1C. The van der Waals surface area contributed by atoms with Gasteiger partial charge in [0, 0.05) is 63.3 Å². The zero-order chi connectivity index (χ0) is 69.8. The van der Waals surface area contributed by atoms with Crippen LogP contribution in [0.1, 0.15) is 282 Å². The number of fused-ring (bicyclic) bond motifs is 12. The monoisotopic (exact) mass is 1340 g/mol. The Morgan fingerprint density at radius 2 is 0.854 bits per heavy atom. The fraction of sp³-hybridized carbons (Fsp3) is 0.838. The summed E-state index contributed by atoms with van der Waals surface area (Å²) in [5.41, 5.74) is 1.23. The Kier molecular flexibility index (Phi) is 35.9. The molecule has 5 saturated carbocycles. The van der Waals surface area contributed by atoms with E-state index in [-0.39, 0.29) is 47.5 Å². The molecule has 10 bridgehead atoms. The van der Waals surface area contributed by atoms with Crippen molar-refractivity contribution in [1.82, 2.24) is 0 Å². The molecule has 0 aromatic heterocycles. The molecule has 11 heterocycles. The smallest absolute Gasteiger partial charge is 0.158 e. The molecule has 0 aromatic carbocycles. The number of Topliss-reactive ketones (excluding diaryl/α,β-unsaturated/α-hetero) is 8. The average molecular weight is 1350 g/mol. The number of allylic oxidation sites excluding steroid dienone is 1. The van der Waals surface area contributed by atoms with Crippen LogP contribution in [0.5, 0.6) is 0 Å². The summed E-state index contributed by atoms with van der Waals surface area (Å²) >= 11 is 0. The van der Waals surface area contributed by atoms with Crippen molar-refractivity contribution >= 4 is 52.0 Å². The van der Waals surface area contributed by atoms with Gasteiger partial charge in [-0.25, -0.2) is 0 Å². The van der Waals surface area contributed by atoms with Crippen LogP contribution in [0.15, 0.2) is 23.8 Å². The van der Waals surface area contributed by atoms with E-state index in [1.54, 1.807) is 68.4 Å². The maximum atomic E-state index is 11.2. The molecule has 16 aliphatic rings. The van der Waals surface area contributed by atoms with E-state index in [4.69, 9.17) is 33.2 Å². The lowest BCUT2D eigenvalue weighted by atomic mass is 9.64. The van der Waals surface area contributed by atoms with Gasteiger partial charge in [0.2, 0.25) is 0 Å². The molecule has 0 spiro atoms. The predicted molar refractivity (Wildman–Crippen MR) is 372 cm³/mol. The molecule has 15 fully saturated rings. The van der Waals surface area contributed by atoms with Crippen molar-refractivity contribution in [2.75, 3.05) is 26.4 Å². The van der Waals surface area contributed by atoms with E-state index in [1.165, 1.54) is 95.5 Å². The lowest BCUT2D eigenvalue weighted by Gasteiger charge is -2.41. The van der Waals surface area contributed by atoms with Crippen molar-refractivity contribution in [1.29, 1.82) is 0 Å². The molecule has 96 heavy (non-hydrogen) atoms. The standard InChI is InChI=1S/2C10H16O2.C10H12O2.C10H16O.C9H14O2.C9H16O2.C8H14O2.C8H14O.C6H10O2/c3*1-7(11)4-8-5-9-2-3-10(6-8)12-9;1-7(11)10-6-8-2-4-9(10)5-3-8;1-6(10)9-4-8-3-2-7(9)5-11-8;1-7(10)6-9-4-3-5-11-8(9)2;1-6(9)5-8-3-4-10-7(8)2;1-7(9)8-5-3-2-4-6-8;1-5(7)6-3-2-4-8-6/h2*8-10H,2-6H2,1H3;2-4,9-10H,5-6H2,1H3;8-10H,2-6H2,1H3;7-9H,2-5H2,1H3;8-9H,3-6H2,1-2H3;7-8H,3-5H2,1-2H3;8H,2-6H2,1H3;6H,2-4H2,1H3. The highest BCUT2D eigenvalue weighted by molar-refractivity contribution is 5.88. The van der Waals surface area contributed by atoms with Crippen LogP contribution in [-0.2, 0) is 76.3 Å². The summed E-state index contributed by atoms with van der Waals surface area (Å²) in [7, 11) is 0. The minimum absolute atomic E-state index is 0.0741. The lowest BCUT2D eigenvalue weighted by molar-refractivity contribution is -0.138. The summed E-state index contributed by atoms with van der Waals surface area (Å²) in [6, 6.07) is 0. The molecule has 16 rings (SSSR count). The van der Waals surface area contributed by atoms with Gasteiger partial charge in [-0.1, -0.05) is 49.8 Å². The minimum Gasteiger partial charge on any atom is -0.378 e. The van der Waals surface area contributed by atoms with E-state index in [0.717, 1.165) is 141 Å². The molecule has 15 atom stereocenters. The van der Waals surface area contributed by atoms with Gasteiger partial charge in [0.1, 0.15) is 46.6 Å². The van der Waals surface area contributed by atoms with Crippen molar-refractivity contribution in [2.45, 2.75) is 343 Å². The topological polar surface area (TPSA) is 218 Å². The van der Waals surface area contributed by atoms with Gasteiger partial charge in [-0.05, 0) is 271 Å². The molecule has 544 valence electrons. The molecule has 16 heteroatoms. The summed E-state index contributed by atoms with van der Waals surface area (Å²) in [5, 5.41) is 0. The number of ketones is 9. The third-order valence-corrected chi connectivity index (χ3v) is 22.7. The van der Waals surface area contributed by atoms with Crippen molar-refractivity contribution in [3.63, 3.8) is 0 Å². The second-order valence-electron chi connectivity index (χ2n) is 31.3. The van der Waals surface area contributed by atoms with Crippen LogP contribution in [0, 0.1) is 59.2 Å². The quantitative estimate of drug-likeness (QED) is 0.124. The van der Waals surface area contributed by atoms with Gasteiger partial charge in [-0.2, -0.15) is 0 Å². The molecule has 16 nitrogen and oxygen atoms in total. The Labute approximate surface area is 577 Å². The van der Waals surface area contributed by atoms with E-state index in [1.807, 2.05) is 6.92 Å². The number of carbonyl (C=O) groups excluding carboxylic acids is 9. The Balaban J connectivity index is 0.000000171. The van der Waals surface area contributed by atoms with Gasteiger partial charge in [0.15, 0.2) is 11.6 Å². The highest BCUT2D eigenvalue weighted by atomic mass is 16.5. The number of ether oxygens (including phenoxy) is 7. The summed E-state index contributed by atoms with van der Waals surface area (Å²) in [5.74, 6) is 8.33. The Hall–Kier alpha value is -3.77. The van der Waals surface area contributed by atoms with Gasteiger partial charge in [-0.3, -0.25) is 24.0 Å². The van der Waals surface area contributed by atoms with Gasteiger partial charge in [0.25, 0.3) is 0 Å². The number of hydrogen-bond donors (Lipinski definition) is 0. The first-order valence-electron chi connectivity index (χ1n) is 38.1. The zero-order valence-corrected chi connectivity index (χ0v) is 61.3. The fourth-order valence-corrected chi connectivity index (χ4v) is 17.5. The third kappa shape index (κ3) is 29.8. The maximum Gasteiger partial charge on any atom is 0.158 e. The summed E-state index contributed by atoms with van der Waals surface area (Å²) in [6.07, 6.45) is 44.8. The normalized spacial score (nSPS) is 35.2. The van der Waals surface area contributed by atoms with Crippen LogP contribution in [0.3, 0.4) is 0 Å². The average Bonchev–Trinajstić information content (AvgIpc) is 1.38. The number of hydrogen-bond acceptors (Lipinski definition) is 16. The van der Waals surface area contributed by atoms with Crippen LogP contribution >= 0.6 is 0 Å². The van der Waals surface area contributed by atoms with Crippen LogP contribution in [0.2, 0.25) is 0 Å². The zero-order valence-electron chi connectivity index (χ0n) is 61.3. The first kappa shape index (κ1) is 81.2. The first-order chi connectivity index (χ1) is 45.8. The van der Waals surface area contributed by atoms with Crippen molar-refractivity contribution < 1.29 is 76.3 Å². The van der Waals surface area contributed by atoms with Crippen LogP contribution in [0.4, 0.5) is 0 Å². The lowest BCUT2D eigenvalue weighted by Crippen LogP contribution is -2.42. The Morgan fingerprint density at radius 3 is 1.18 bits per heavy atom. The van der Waals surface area contributed by atoms with Crippen LogP contribution in [-0.4, -0.2) is 140 Å². The second kappa shape index (κ2) is 42.5. The second-order valence-corrected chi connectivity index (χ2v) is 31.3. The van der Waals surface area contributed by atoms with Gasteiger partial charge in [0.05, 0.1) is 61.5 Å². The Morgan fingerprint density at radius 1 is 0.396 bits per heavy atom. The van der Waals surface area contributed by atoms with Crippen LogP contribution < -0.4 is 0 Å². The fourth-order valence-electron chi connectivity index (χ4n) is 17.5. The van der Waals surface area contributed by atoms with Gasteiger partial charge < -0.3 is 52.3 Å². The highest BCUT2D eigenvalue weighted by Crippen LogP contribution is 2.45. The minimum atomic E-state index is -0.0741. The molecular formula is C80H128O16.